The van der Waals surface area contributed by atoms with Crippen LogP contribution < -0.4 is 10.6 Å². The highest BCUT2D eigenvalue weighted by molar-refractivity contribution is 5.67. The van der Waals surface area contributed by atoms with Crippen LogP contribution in [0.1, 0.15) is 75.8 Å². The maximum Gasteiger partial charge on any atom is 0.407 e. The predicted molar refractivity (Wildman–Crippen MR) is 121 cm³/mol. The van der Waals surface area contributed by atoms with Gasteiger partial charge in [-0.05, 0) is 87.2 Å². The number of rotatable bonds is 7. The van der Waals surface area contributed by atoms with Crippen molar-refractivity contribution >= 4 is 12.2 Å². The van der Waals surface area contributed by atoms with E-state index in [2.05, 4.69) is 29.7 Å². The average molecular weight is 431 g/mol. The van der Waals surface area contributed by atoms with Crippen LogP contribution >= 0.6 is 0 Å². The Bertz CT molecular complexity index is 690. The number of nitrogens with one attached hydrogen (secondary N) is 2. The van der Waals surface area contributed by atoms with Gasteiger partial charge in [0.05, 0.1) is 7.11 Å². The van der Waals surface area contributed by atoms with Crippen molar-refractivity contribution in [2.75, 3.05) is 7.11 Å². The molecule has 0 radical (unpaired) electrons. The molecule has 0 saturated heterocycles. The van der Waals surface area contributed by atoms with Crippen LogP contribution in [0.15, 0.2) is 24.3 Å². The minimum absolute atomic E-state index is 0.228. The first kappa shape index (κ1) is 23.4. The first-order valence-corrected chi connectivity index (χ1v) is 11.9. The number of hydrogen-bond donors (Lipinski definition) is 2. The Morgan fingerprint density at radius 2 is 1.29 bits per heavy atom. The summed E-state index contributed by atoms with van der Waals surface area (Å²) in [6.45, 7) is 2.45. The maximum absolute atomic E-state index is 12.2. The van der Waals surface area contributed by atoms with Crippen LogP contribution in [0.25, 0.3) is 0 Å². The summed E-state index contributed by atoms with van der Waals surface area (Å²) in [7, 11) is 1.41. The van der Waals surface area contributed by atoms with Gasteiger partial charge in [-0.2, -0.15) is 0 Å². The highest BCUT2D eigenvalue weighted by Crippen LogP contribution is 2.35. The number of carbonyl (C=O) groups excluding carboxylic acids is 2. The fourth-order valence-electron chi connectivity index (χ4n) is 5.01. The summed E-state index contributed by atoms with van der Waals surface area (Å²) < 4.78 is 10.1. The van der Waals surface area contributed by atoms with Crippen molar-refractivity contribution in [2.45, 2.75) is 89.8 Å². The quantitative estimate of drug-likeness (QED) is 0.612. The molecule has 0 aromatic heterocycles. The monoisotopic (exact) mass is 430 g/mol. The van der Waals surface area contributed by atoms with Gasteiger partial charge in [-0.3, -0.25) is 0 Å². The van der Waals surface area contributed by atoms with Gasteiger partial charge in [-0.1, -0.05) is 31.2 Å². The van der Waals surface area contributed by atoms with Crippen LogP contribution in [0.2, 0.25) is 0 Å². The van der Waals surface area contributed by atoms with E-state index in [0.717, 1.165) is 49.5 Å². The van der Waals surface area contributed by atoms with Gasteiger partial charge in [-0.25, -0.2) is 9.59 Å². The summed E-state index contributed by atoms with van der Waals surface area (Å²) >= 11 is 0. The van der Waals surface area contributed by atoms with Crippen molar-refractivity contribution in [3.63, 3.8) is 0 Å². The van der Waals surface area contributed by atoms with Crippen LogP contribution in [0.3, 0.4) is 0 Å². The number of carbonyl (C=O) groups is 2. The Labute approximate surface area is 186 Å². The zero-order chi connectivity index (χ0) is 22.1. The molecule has 0 heterocycles. The summed E-state index contributed by atoms with van der Waals surface area (Å²) in [6.07, 6.45) is 10.5. The SMILES string of the molecule is CCc1ccc(COC(=O)NC2CCC(CC3CCC(NC(=O)OC)CC3)CC2)cc1. The van der Waals surface area contributed by atoms with Gasteiger partial charge >= 0.3 is 12.2 Å². The van der Waals surface area contributed by atoms with E-state index < -0.39 is 0 Å². The Kier molecular flexibility index (Phi) is 9.04. The smallest absolute Gasteiger partial charge is 0.407 e. The van der Waals surface area contributed by atoms with Crippen LogP contribution in [0.4, 0.5) is 9.59 Å². The fourth-order valence-corrected chi connectivity index (χ4v) is 5.01. The zero-order valence-electron chi connectivity index (χ0n) is 19.0. The second kappa shape index (κ2) is 12.0. The third-order valence-electron chi connectivity index (χ3n) is 6.99. The maximum atomic E-state index is 12.2. The molecule has 2 aliphatic carbocycles. The molecule has 31 heavy (non-hydrogen) atoms. The second-order valence-corrected chi connectivity index (χ2v) is 9.20. The summed E-state index contributed by atoms with van der Waals surface area (Å²) in [5.41, 5.74) is 2.31. The molecule has 2 aliphatic rings. The summed E-state index contributed by atoms with van der Waals surface area (Å²) in [4.78, 5) is 23.5. The summed E-state index contributed by atoms with van der Waals surface area (Å²) in [6, 6.07) is 8.71. The fraction of sp³-hybridized carbons (Fsp3) is 0.680. The lowest BCUT2D eigenvalue weighted by Gasteiger charge is -2.34. The standard InChI is InChI=1S/C25H38N2O4/c1-3-18-4-6-21(7-5-18)17-31-25(29)27-23-14-10-20(11-15-23)16-19-8-12-22(13-9-19)26-24(28)30-2/h4-7,19-20,22-23H,3,8-17H2,1-2H3,(H,26,28)(H,27,29). The molecule has 0 atom stereocenters. The van der Waals surface area contributed by atoms with Gasteiger partial charge in [0.2, 0.25) is 0 Å². The lowest BCUT2D eigenvalue weighted by molar-refractivity contribution is 0.129. The molecule has 2 fully saturated rings. The van der Waals surface area contributed by atoms with Crippen molar-refractivity contribution in [3.05, 3.63) is 35.4 Å². The third kappa shape index (κ3) is 7.75. The molecule has 6 heteroatoms. The van der Waals surface area contributed by atoms with E-state index in [9.17, 15) is 9.59 Å². The molecule has 0 unspecified atom stereocenters. The minimum Gasteiger partial charge on any atom is -0.453 e. The van der Waals surface area contributed by atoms with E-state index in [1.54, 1.807) is 0 Å². The minimum atomic E-state index is -0.317. The van der Waals surface area contributed by atoms with E-state index in [1.807, 2.05) is 12.1 Å². The van der Waals surface area contributed by atoms with Gasteiger partial charge in [0.1, 0.15) is 6.61 Å². The molecule has 3 rings (SSSR count). The normalized spacial score (nSPS) is 26.0. The summed E-state index contributed by atoms with van der Waals surface area (Å²) in [5.74, 6) is 1.51. The third-order valence-corrected chi connectivity index (χ3v) is 6.99. The van der Waals surface area contributed by atoms with Crippen LogP contribution in [-0.4, -0.2) is 31.4 Å². The van der Waals surface area contributed by atoms with Gasteiger partial charge in [0, 0.05) is 12.1 Å². The number of methoxy groups -OCH3 is 1. The highest BCUT2D eigenvalue weighted by atomic mass is 16.5. The molecular formula is C25H38N2O4. The molecule has 0 spiro atoms. The second-order valence-electron chi connectivity index (χ2n) is 9.20. The topological polar surface area (TPSA) is 76.7 Å². The Hall–Kier alpha value is -2.24. The van der Waals surface area contributed by atoms with Crippen molar-refractivity contribution in [1.29, 1.82) is 0 Å². The lowest BCUT2D eigenvalue weighted by atomic mass is 9.76. The van der Waals surface area contributed by atoms with Crippen molar-refractivity contribution in [2.24, 2.45) is 11.8 Å². The highest BCUT2D eigenvalue weighted by Gasteiger charge is 2.28. The van der Waals surface area contributed by atoms with E-state index in [1.165, 1.54) is 44.8 Å². The number of ether oxygens (including phenoxy) is 2. The number of aryl methyl sites for hydroxylation is 1. The van der Waals surface area contributed by atoms with Crippen LogP contribution in [0, 0.1) is 11.8 Å². The van der Waals surface area contributed by atoms with Gasteiger partial charge in [0.15, 0.2) is 0 Å². The molecule has 2 saturated carbocycles. The zero-order valence-corrected chi connectivity index (χ0v) is 19.0. The van der Waals surface area contributed by atoms with E-state index in [4.69, 9.17) is 9.47 Å². The molecule has 1 aromatic rings. The van der Waals surface area contributed by atoms with Crippen molar-refractivity contribution in [1.82, 2.24) is 10.6 Å². The molecule has 6 nitrogen and oxygen atoms in total. The number of hydrogen-bond acceptors (Lipinski definition) is 4. The first-order chi connectivity index (χ1) is 15.1. The molecule has 2 amide bonds. The number of amides is 2. The van der Waals surface area contributed by atoms with E-state index in [-0.39, 0.29) is 24.3 Å². The van der Waals surface area contributed by atoms with Crippen molar-refractivity contribution < 1.29 is 19.1 Å². The number of benzene rings is 1. The number of alkyl carbamates (subject to hydrolysis) is 2. The molecule has 0 aliphatic heterocycles. The largest absolute Gasteiger partial charge is 0.453 e. The van der Waals surface area contributed by atoms with Gasteiger partial charge in [0.25, 0.3) is 0 Å². The Balaban J connectivity index is 1.29. The van der Waals surface area contributed by atoms with Crippen LogP contribution in [-0.2, 0) is 22.5 Å². The van der Waals surface area contributed by atoms with E-state index >= 15 is 0 Å². The van der Waals surface area contributed by atoms with Gasteiger partial charge in [-0.15, -0.1) is 0 Å². The average Bonchev–Trinajstić information content (AvgIpc) is 2.80. The molecular weight excluding hydrogens is 392 g/mol. The lowest BCUT2D eigenvalue weighted by Crippen LogP contribution is -2.39. The summed E-state index contributed by atoms with van der Waals surface area (Å²) in [5, 5.41) is 5.98. The Morgan fingerprint density at radius 3 is 1.77 bits per heavy atom. The molecule has 1 aromatic carbocycles. The Morgan fingerprint density at radius 1 is 0.806 bits per heavy atom. The van der Waals surface area contributed by atoms with Gasteiger partial charge < -0.3 is 20.1 Å². The predicted octanol–water partition coefficient (Wildman–Crippen LogP) is 5.34. The van der Waals surface area contributed by atoms with Crippen LogP contribution in [0.5, 0.6) is 0 Å². The van der Waals surface area contributed by atoms with Crippen molar-refractivity contribution in [3.8, 4) is 0 Å². The molecule has 172 valence electrons. The van der Waals surface area contributed by atoms with E-state index in [0.29, 0.717) is 6.61 Å². The first-order valence-electron chi connectivity index (χ1n) is 11.9. The molecule has 0 bridgehead atoms. The molecule has 2 N–H and O–H groups in total.